The van der Waals surface area contributed by atoms with Gasteiger partial charge in [0.1, 0.15) is 0 Å². The van der Waals surface area contributed by atoms with E-state index < -0.39 is 11.2 Å². The lowest BCUT2D eigenvalue weighted by Gasteiger charge is -2.31. The summed E-state index contributed by atoms with van der Waals surface area (Å²) in [5.74, 6) is 0.183. The Morgan fingerprint density at radius 3 is 1.88 bits per heavy atom. The third-order valence-electron chi connectivity index (χ3n) is 2.66. The summed E-state index contributed by atoms with van der Waals surface area (Å²) in [5, 5.41) is 18.2. The van der Waals surface area contributed by atoms with Crippen LogP contribution in [0.4, 0.5) is 0 Å². The van der Waals surface area contributed by atoms with Gasteiger partial charge in [-0.2, -0.15) is 0 Å². The van der Waals surface area contributed by atoms with Crippen LogP contribution >= 0.6 is 0 Å². The standard InChI is InChI=1S/C6H8BN.C6H14O2/c7-5-1-3-6(8)4-2-5;1-5(2,7)6(3,4)8/h1,3-5H,2,8H2;7-8H,1-4H3. The highest BCUT2D eigenvalue weighted by molar-refractivity contribution is 6.13. The molecule has 0 aromatic carbocycles. The van der Waals surface area contributed by atoms with E-state index in [-0.39, 0.29) is 5.82 Å². The van der Waals surface area contributed by atoms with Crippen molar-refractivity contribution in [3.63, 3.8) is 0 Å². The van der Waals surface area contributed by atoms with E-state index in [0.717, 1.165) is 12.1 Å². The van der Waals surface area contributed by atoms with Crippen LogP contribution in [0.15, 0.2) is 23.9 Å². The van der Waals surface area contributed by atoms with Crippen molar-refractivity contribution in [1.82, 2.24) is 0 Å². The van der Waals surface area contributed by atoms with Crippen LogP contribution < -0.4 is 5.73 Å². The summed E-state index contributed by atoms with van der Waals surface area (Å²) in [6.07, 6.45) is 6.57. The molecule has 4 N–H and O–H groups in total. The van der Waals surface area contributed by atoms with Gasteiger partial charge in [-0.15, -0.1) is 0 Å². The quantitative estimate of drug-likeness (QED) is 0.586. The molecule has 1 rings (SSSR count). The average molecular weight is 223 g/mol. The number of aliphatic hydroxyl groups is 2. The van der Waals surface area contributed by atoms with E-state index in [2.05, 4.69) is 0 Å². The minimum Gasteiger partial charge on any atom is -0.399 e. The van der Waals surface area contributed by atoms with Gasteiger partial charge in [0.2, 0.25) is 0 Å². The maximum atomic E-state index is 9.10. The van der Waals surface area contributed by atoms with Gasteiger partial charge in [0, 0.05) is 5.70 Å². The van der Waals surface area contributed by atoms with Crippen molar-refractivity contribution < 1.29 is 10.2 Å². The Kier molecular flexibility index (Phi) is 5.30. The van der Waals surface area contributed by atoms with Crippen LogP contribution in [0.5, 0.6) is 0 Å². The largest absolute Gasteiger partial charge is 0.399 e. The molecule has 0 fully saturated rings. The molecule has 1 atom stereocenters. The minimum absolute atomic E-state index is 0.183. The summed E-state index contributed by atoms with van der Waals surface area (Å²) in [7, 11) is 5.51. The molecule has 1 aliphatic carbocycles. The summed E-state index contributed by atoms with van der Waals surface area (Å²) in [6.45, 7) is 6.31. The highest BCUT2D eigenvalue weighted by atomic mass is 16.3. The normalized spacial score (nSPS) is 20.9. The van der Waals surface area contributed by atoms with Crippen LogP contribution in [0.2, 0.25) is 5.82 Å². The van der Waals surface area contributed by atoms with Crippen molar-refractivity contribution in [3.8, 4) is 0 Å². The lowest BCUT2D eigenvalue weighted by atomic mass is 9.82. The molecular formula is C12H22BNO2. The van der Waals surface area contributed by atoms with Gasteiger partial charge < -0.3 is 15.9 Å². The highest BCUT2D eigenvalue weighted by Crippen LogP contribution is 2.19. The van der Waals surface area contributed by atoms with E-state index in [9.17, 15) is 0 Å². The summed E-state index contributed by atoms with van der Waals surface area (Å²) >= 11 is 0. The number of allylic oxidation sites excluding steroid dienone is 3. The Balaban J connectivity index is 0.000000281. The van der Waals surface area contributed by atoms with Crippen LogP contribution in [0, 0.1) is 0 Å². The molecule has 0 spiro atoms. The van der Waals surface area contributed by atoms with Crippen molar-refractivity contribution in [2.45, 2.75) is 51.1 Å². The van der Waals surface area contributed by atoms with Gasteiger partial charge in [-0.1, -0.05) is 18.0 Å². The molecule has 0 saturated carbocycles. The molecular weight excluding hydrogens is 201 g/mol. The summed E-state index contributed by atoms with van der Waals surface area (Å²) in [4.78, 5) is 0. The first kappa shape index (κ1) is 15.3. The van der Waals surface area contributed by atoms with Gasteiger partial charge in [0.15, 0.2) is 0 Å². The van der Waals surface area contributed by atoms with E-state index in [1.54, 1.807) is 27.7 Å². The van der Waals surface area contributed by atoms with Crippen LogP contribution in [0.1, 0.15) is 34.1 Å². The number of hydrogen-bond acceptors (Lipinski definition) is 3. The van der Waals surface area contributed by atoms with Gasteiger partial charge in [-0.25, -0.2) is 0 Å². The third-order valence-corrected chi connectivity index (χ3v) is 2.66. The Bertz CT molecular complexity index is 260. The Hall–Kier alpha value is -0.735. The first-order chi connectivity index (χ1) is 7.04. The Morgan fingerprint density at radius 1 is 1.25 bits per heavy atom. The van der Waals surface area contributed by atoms with Crippen molar-refractivity contribution in [2.75, 3.05) is 0 Å². The van der Waals surface area contributed by atoms with E-state index in [4.69, 9.17) is 23.8 Å². The van der Waals surface area contributed by atoms with Gasteiger partial charge in [-0.05, 0) is 40.2 Å². The molecule has 90 valence electrons. The molecule has 16 heavy (non-hydrogen) atoms. The fourth-order valence-corrected chi connectivity index (χ4v) is 0.653. The third kappa shape index (κ3) is 5.98. The van der Waals surface area contributed by atoms with E-state index in [1.165, 1.54) is 0 Å². The zero-order chi connectivity index (χ0) is 13.0. The van der Waals surface area contributed by atoms with E-state index in [1.807, 2.05) is 18.2 Å². The number of hydrogen-bond donors (Lipinski definition) is 3. The highest BCUT2D eigenvalue weighted by Gasteiger charge is 2.31. The zero-order valence-corrected chi connectivity index (χ0v) is 10.6. The van der Waals surface area contributed by atoms with Crippen molar-refractivity contribution in [3.05, 3.63) is 23.9 Å². The predicted molar refractivity (Wildman–Crippen MR) is 68.1 cm³/mol. The van der Waals surface area contributed by atoms with Crippen LogP contribution in [0.3, 0.4) is 0 Å². The molecule has 0 aliphatic heterocycles. The first-order valence-electron chi connectivity index (χ1n) is 5.38. The molecule has 0 heterocycles. The fourth-order valence-electron chi connectivity index (χ4n) is 0.653. The second-order valence-corrected chi connectivity index (χ2v) is 5.08. The number of rotatable bonds is 1. The van der Waals surface area contributed by atoms with Gasteiger partial charge in [-0.3, -0.25) is 0 Å². The second-order valence-electron chi connectivity index (χ2n) is 5.08. The molecule has 2 radical (unpaired) electrons. The van der Waals surface area contributed by atoms with Gasteiger partial charge >= 0.3 is 0 Å². The Morgan fingerprint density at radius 2 is 1.69 bits per heavy atom. The molecule has 0 aromatic heterocycles. The molecule has 3 nitrogen and oxygen atoms in total. The summed E-state index contributed by atoms with van der Waals surface area (Å²) in [5.41, 5.74) is 4.23. The van der Waals surface area contributed by atoms with Crippen molar-refractivity contribution in [1.29, 1.82) is 0 Å². The smallest absolute Gasteiger partial charge is 0.0872 e. The average Bonchev–Trinajstić information content (AvgIpc) is 2.08. The molecule has 0 bridgehead atoms. The molecule has 1 aliphatic rings. The topological polar surface area (TPSA) is 66.5 Å². The SMILES string of the molecule is CC(C)(O)C(C)(C)O.[B]C1C=CC(N)=CC1. The minimum atomic E-state index is -1.01. The lowest BCUT2D eigenvalue weighted by molar-refractivity contribution is -0.107. The monoisotopic (exact) mass is 223 g/mol. The van der Waals surface area contributed by atoms with Crippen LogP contribution in [-0.2, 0) is 0 Å². The van der Waals surface area contributed by atoms with Crippen LogP contribution in [0.25, 0.3) is 0 Å². The molecule has 0 amide bonds. The molecule has 4 heteroatoms. The van der Waals surface area contributed by atoms with Crippen molar-refractivity contribution in [2.24, 2.45) is 5.73 Å². The van der Waals surface area contributed by atoms with Crippen LogP contribution in [-0.4, -0.2) is 29.3 Å². The van der Waals surface area contributed by atoms with E-state index >= 15 is 0 Å². The lowest BCUT2D eigenvalue weighted by Crippen LogP contribution is -2.44. The predicted octanol–water partition coefficient (Wildman–Crippen LogP) is 1.27. The maximum Gasteiger partial charge on any atom is 0.0872 e. The van der Waals surface area contributed by atoms with Gasteiger partial charge in [0.25, 0.3) is 0 Å². The first-order valence-corrected chi connectivity index (χ1v) is 5.38. The van der Waals surface area contributed by atoms with Crippen molar-refractivity contribution >= 4 is 7.85 Å². The summed E-state index contributed by atoms with van der Waals surface area (Å²) < 4.78 is 0. The zero-order valence-electron chi connectivity index (χ0n) is 10.6. The summed E-state index contributed by atoms with van der Waals surface area (Å²) in [6, 6.07) is 0. The van der Waals surface area contributed by atoms with E-state index in [0.29, 0.717) is 0 Å². The molecule has 0 aromatic rings. The number of nitrogens with two attached hydrogens (primary N) is 1. The Labute approximate surface area is 99.5 Å². The second kappa shape index (κ2) is 5.55. The van der Waals surface area contributed by atoms with Gasteiger partial charge in [0.05, 0.1) is 19.0 Å². The molecule has 0 saturated heterocycles. The fraction of sp³-hybridized carbons (Fsp3) is 0.667. The molecule has 1 unspecified atom stereocenters. The maximum absolute atomic E-state index is 9.10.